The van der Waals surface area contributed by atoms with Gasteiger partial charge in [-0.1, -0.05) is 35.7 Å². The van der Waals surface area contributed by atoms with Gasteiger partial charge in [0.05, 0.1) is 5.56 Å². The number of hydrogen-bond donors (Lipinski definition) is 0. The molecular formula is C14H6Cl2O2S2. The van der Waals surface area contributed by atoms with E-state index in [0.717, 1.165) is 14.7 Å². The van der Waals surface area contributed by atoms with E-state index in [1.165, 1.54) is 11.8 Å². The van der Waals surface area contributed by atoms with Crippen LogP contribution in [0.5, 0.6) is 0 Å². The van der Waals surface area contributed by atoms with E-state index in [4.69, 9.17) is 23.2 Å². The summed E-state index contributed by atoms with van der Waals surface area (Å²) in [5, 5.41) is -1.35. The number of fused-ring (bicyclic) bond motifs is 2. The van der Waals surface area contributed by atoms with Gasteiger partial charge in [0.25, 0.3) is 10.5 Å². The van der Waals surface area contributed by atoms with Gasteiger partial charge in [-0.3, -0.25) is 9.59 Å². The topological polar surface area (TPSA) is 34.1 Å². The molecule has 2 aromatic carbocycles. The first-order chi connectivity index (χ1) is 9.58. The lowest BCUT2D eigenvalue weighted by molar-refractivity contribution is 0.104. The van der Waals surface area contributed by atoms with Crippen molar-refractivity contribution in [1.82, 2.24) is 0 Å². The van der Waals surface area contributed by atoms with Crippen molar-refractivity contribution >= 4 is 57.2 Å². The molecule has 0 bridgehead atoms. The minimum atomic E-state index is -0.679. The fourth-order valence-electron chi connectivity index (χ4n) is 1.95. The van der Waals surface area contributed by atoms with Crippen LogP contribution in [0.1, 0.15) is 20.7 Å². The van der Waals surface area contributed by atoms with Crippen molar-refractivity contribution in [2.45, 2.75) is 19.6 Å². The van der Waals surface area contributed by atoms with Gasteiger partial charge in [-0.05, 0) is 47.5 Å². The van der Waals surface area contributed by atoms with E-state index in [1.807, 2.05) is 24.3 Å². The van der Waals surface area contributed by atoms with Gasteiger partial charge in [0.1, 0.15) is 0 Å². The fourth-order valence-corrected chi connectivity index (χ4v) is 4.75. The van der Waals surface area contributed by atoms with E-state index in [2.05, 4.69) is 0 Å². The molecule has 0 saturated heterocycles. The summed E-state index contributed by atoms with van der Waals surface area (Å²) >= 11 is 14.2. The largest absolute Gasteiger partial charge is 0.276 e. The Labute approximate surface area is 133 Å². The number of carbonyl (C=O) groups excluding carboxylic acids is 2. The third-order valence-electron chi connectivity index (χ3n) is 2.81. The molecule has 2 nitrogen and oxygen atoms in total. The van der Waals surface area contributed by atoms with Crippen LogP contribution in [0.4, 0.5) is 0 Å². The van der Waals surface area contributed by atoms with Gasteiger partial charge in [-0.15, -0.1) is 0 Å². The molecule has 0 saturated carbocycles. The molecule has 0 aliphatic carbocycles. The molecule has 0 fully saturated rings. The molecule has 20 heavy (non-hydrogen) atoms. The second kappa shape index (κ2) is 5.45. The molecule has 0 amide bonds. The highest BCUT2D eigenvalue weighted by molar-refractivity contribution is 8.05. The summed E-state index contributed by atoms with van der Waals surface area (Å²) in [4.78, 5) is 26.9. The first-order valence-corrected chi connectivity index (χ1v) is 7.98. The van der Waals surface area contributed by atoms with Crippen molar-refractivity contribution in [3.63, 3.8) is 0 Å². The first kappa shape index (κ1) is 14.0. The van der Waals surface area contributed by atoms with Crippen molar-refractivity contribution < 1.29 is 9.59 Å². The fraction of sp³-hybridized carbons (Fsp3) is 0. The lowest BCUT2D eigenvalue weighted by Gasteiger charge is -2.20. The number of benzene rings is 2. The van der Waals surface area contributed by atoms with Crippen LogP contribution in [0.3, 0.4) is 0 Å². The van der Waals surface area contributed by atoms with Gasteiger partial charge in [0.2, 0.25) is 0 Å². The smallest absolute Gasteiger partial charge is 0.254 e. The maximum absolute atomic E-state index is 11.7. The van der Waals surface area contributed by atoms with Crippen LogP contribution < -0.4 is 0 Å². The Balaban J connectivity index is 2.21. The molecule has 2 aromatic rings. The predicted octanol–water partition coefficient (Wildman–Crippen LogP) is 5.06. The van der Waals surface area contributed by atoms with Gasteiger partial charge in [0.15, 0.2) is 0 Å². The number of halogens is 2. The number of carbonyl (C=O) groups is 2. The molecule has 3 rings (SSSR count). The van der Waals surface area contributed by atoms with Crippen LogP contribution in [-0.4, -0.2) is 10.5 Å². The zero-order valence-corrected chi connectivity index (χ0v) is 13.0. The molecule has 0 atom stereocenters. The van der Waals surface area contributed by atoms with Crippen molar-refractivity contribution in [1.29, 1.82) is 0 Å². The maximum Gasteiger partial charge on any atom is 0.254 e. The summed E-state index contributed by atoms with van der Waals surface area (Å²) < 4.78 is 0. The van der Waals surface area contributed by atoms with Crippen molar-refractivity contribution in [3.8, 4) is 0 Å². The Morgan fingerprint density at radius 3 is 2.05 bits per heavy atom. The van der Waals surface area contributed by atoms with E-state index in [9.17, 15) is 9.59 Å². The Bertz CT molecular complexity index is 744. The van der Waals surface area contributed by atoms with Crippen molar-refractivity contribution in [2.24, 2.45) is 0 Å². The molecule has 0 radical (unpaired) electrons. The molecule has 0 N–H and O–H groups in total. The van der Waals surface area contributed by atoms with Crippen LogP contribution in [0.15, 0.2) is 56.0 Å². The molecule has 0 spiro atoms. The summed E-state index contributed by atoms with van der Waals surface area (Å²) in [6.45, 7) is 0. The average molecular weight is 341 g/mol. The SMILES string of the molecule is O=C(Cl)c1ccc2c(c1C(=O)Cl)Sc1ccccc1S2. The van der Waals surface area contributed by atoms with E-state index in [1.54, 1.807) is 23.9 Å². The third kappa shape index (κ3) is 2.37. The summed E-state index contributed by atoms with van der Waals surface area (Å²) in [5.74, 6) is 0. The van der Waals surface area contributed by atoms with Gasteiger partial charge >= 0.3 is 0 Å². The molecule has 100 valence electrons. The zero-order chi connectivity index (χ0) is 14.3. The predicted molar refractivity (Wildman–Crippen MR) is 81.5 cm³/mol. The van der Waals surface area contributed by atoms with E-state index in [0.29, 0.717) is 4.90 Å². The van der Waals surface area contributed by atoms with Gasteiger partial charge in [0, 0.05) is 25.1 Å². The summed E-state index contributed by atoms with van der Waals surface area (Å²) in [7, 11) is 0. The summed E-state index contributed by atoms with van der Waals surface area (Å²) in [6, 6.07) is 11.2. The highest BCUT2D eigenvalue weighted by atomic mass is 35.5. The Morgan fingerprint density at radius 1 is 0.800 bits per heavy atom. The highest BCUT2D eigenvalue weighted by Gasteiger charge is 2.26. The number of rotatable bonds is 2. The molecule has 1 aliphatic heterocycles. The average Bonchev–Trinajstić information content (AvgIpc) is 2.43. The molecular weight excluding hydrogens is 335 g/mol. The van der Waals surface area contributed by atoms with Crippen LogP contribution in [0, 0.1) is 0 Å². The standard InChI is InChI=1S/C14H6Cl2O2S2/c15-13(17)7-5-6-10-12(11(7)14(16)18)20-9-4-2-1-3-8(9)19-10/h1-6H. The molecule has 0 unspecified atom stereocenters. The second-order valence-electron chi connectivity index (χ2n) is 4.01. The molecule has 6 heteroatoms. The maximum atomic E-state index is 11.7. The normalized spacial score (nSPS) is 12.5. The minimum Gasteiger partial charge on any atom is -0.276 e. The Morgan fingerprint density at radius 2 is 1.45 bits per heavy atom. The quantitative estimate of drug-likeness (QED) is 0.610. The van der Waals surface area contributed by atoms with Crippen LogP contribution >= 0.6 is 46.7 Å². The molecule has 0 aromatic heterocycles. The lowest BCUT2D eigenvalue weighted by Crippen LogP contribution is -2.05. The van der Waals surface area contributed by atoms with Crippen molar-refractivity contribution in [2.75, 3.05) is 0 Å². The third-order valence-corrected chi connectivity index (χ3v) is 5.80. The van der Waals surface area contributed by atoms with Gasteiger partial charge < -0.3 is 0 Å². The Hall–Kier alpha value is -0.940. The number of hydrogen-bond acceptors (Lipinski definition) is 4. The van der Waals surface area contributed by atoms with Gasteiger partial charge in [-0.2, -0.15) is 0 Å². The summed E-state index contributed by atoms with van der Waals surface area (Å²) in [5.41, 5.74) is 0.342. The van der Waals surface area contributed by atoms with Gasteiger partial charge in [-0.25, -0.2) is 0 Å². The van der Waals surface area contributed by atoms with Crippen LogP contribution in [-0.2, 0) is 0 Å². The molecule has 1 aliphatic rings. The lowest BCUT2D eigenvalue weighted by atomic mass is 10.1. The van der Waals surface area contributed by atoms with E-state index >= 15 is 0 Å². The monoisotopic (exact) mass is 340 g/mol. The van der Waals surface area contributed by atoms with E-state index in [-0.39, 0.29) is 11.1 Å². The molecule has 1 heterocycles. The Kier molecular flexibility index (Phi) is 3.82. The van der Waals surface area contributed by atoms with Crippen LogP contribution in [0.25, 0.3) is 0 Å². The minimum absolute atomic E-state index is 0.151. The van der Waals surface area contributed by atoms with Crippen molar-refractivity contribution in [3.05, 3.63) is 47.5 Å². The van der Waals surface area contributed by atoms with E-state index < -0.39 is 10.5 Å². The zero-order valence-electron chi connectivity index (χ0n) is 9.85. The summed E-state index contributed by atoms with van der Waals surface area (Å²) in [6.07, 6.45) is 0. The van der Waals surface area contributed by atoms with Crippen LogP contribution in [0.2, 0.25) is 0 Å². The first-order valence-electron chi connectivity index (χ1n) is 5.59. The highest BCUT2D eigenvalue weighted by Crippen LogP contribution is 2.50. The second-order valence-corrected chi connectivity index (χ2v) is 6.84.